The van der Waals surface area contributed by atoms with Gasteiger partial charge in [-0.1, -0.05) is 48.5 Å². The van der Waals surface area contributed by atoms with Crippen molar-refractivity contribution in [2.45, 2.75) is 6.42 Å². The van der Waals surface area contributed by atoms with Crippen molar-refractivity contribution in [1.29, 1.82) is 0 Å². The molecule has 3 rings (SSSR count). The molecule has 1 aromatic heterocycles. The summed E-state index contributed by atoms with van der Waals surface area (Å²) in [5.74, 6) is 0. The number of H-pyrrole nitrogens is 1. The minimum absolute atomic E-state index is 0.904. The molecule has 0 spiro atoms. The molecular formula is C14H12N2. The number of hydrogen-bond donors (Lipinski definition) is 1. The maximum Gasteiger partial charge on any atom is 0.0923 e. The standard InChI is InChI=1S/C14H12N2/c1-2-6-11(7-3-1)10-14-12-8-4-5-9-13(12)15-16-14/h1-9H,10H2,(H,15,16). The summed E-state index contributed by atoms with van der Waals surface area (Å²) in [5.41, 5.74) is 3.52. The number of nitrogens with one attached hydrogen (secondary N) is 1. The molecule has 0 bridgehead atoms. The summed E-state index contributed by atoms with van der Waals surface area (Å²) >= 11 is 0. The fraction of sp³-hybridized carbons (Fsp3) is 0.0714. The quantitative estimate of drug-likeness (QED) is 0.688. The third-order valence-corrected chi connectivity index (χ3v) is 2.76. The van der Waals surface area contributed by atoms with Crippen LogP contribution < -0.4 is 0 Å². The van der Waals surface area contributed by atoms with Crippen LogP contribution >= 0.6 is 0 Å². The van der Waals surface area contributed by atoms with E-state index in [0.717, 1.165) is 11.9 Å². The summed E-state index contributed by atoms with van der Waals surface area (Å²) in [6.45, 7) is 0. The van der Waals surface area contributed by atoms with E-state index in [1.54, 1.807) is 0 Å². The molecule has 0 fully saturated rings. The Hall–Kier alpha value is -2.09. The van der Waals surface area contributed by atoms with Crippen LogP contribution in [0.1, 0.15) is 11.3 Å². The van der Waals surface area contributed by atoms with Crippen molar-refractivity contribution in [3.63, 3.8) is 0 Å². The zero-order chi connectivity index (χ0) is 10.8. The molecule has 0 aliphatic carbocycles. The molecule has 0 unspecified atom stereocenters. The third kappa shape index (κ3) is 1.58. The fourth-order valence-electron chi connectivity index (χ4n) is 1.95. The summed E-state index contributed by atoms with van der Waals surface area (Å²) < 4.78 is 0. The lowest BCUT2D eigenvalue weighted by Gasteiger charge is -1.98. The minimum atomic E-state index is 0.904. The predicted octanol–water partition coefficient (Wildman–Crippen LogP) is 3.15. The smallest absolute Gasteiger partial charge is 0.0923 e. The average molecular weight is 208 g/mol. The lowest BCUT2D eigenvalue weighted by atomic mass is 10.1. The third-order valence-electron chi connectivity index (χ3n) is 2.76. The number of hydrogen-bond acceptors (Lipinski definition) is 1. The van der Waals surface area contributed by atoms with E-state index in [-0.39, 0.29) is 0 Å². The van der Waals surface area contributed by atoms with Gasteiger partial charge in [-0.05, 0) is 11.6 Å². The van der Waals surface area contributed by atoms with Gasteiger partial charge in [0.1, 0.15) is 0 Å². The normalized spacial score (nSPS) is 10.8. The molecule has 1 N–H and O–H groups in total. The number of benzene rings is 2. The van der Waals surface area contributed by atoms with E-state index < -0.39 is 0 Å². The van der Waals surface area contributed by atoms with Gasteiger partial charge in [0.05, 0.1) is 5.52 Å². The Labute approximate surface area is 93.9 Å². The van der Waals surface area contributed by atoms with Crippen molar-refractivity contribution >= 4 is 10.9 Å². The van der Waals surface area contributed by atoms with Crippen molar-refractivity contribution in [3.8, 4) is 0 Å². The summed E-state index contributed by atoms with van der Waals surface area (Å²) in [6, 6.07) is 18.6. The summed E-state index contributed by atoms with van der Waals surface area (Å²) in [6.07, 6.45) is 0.904. The Kier molecular flexibility index (Phi) is 2.18. The van der Waals surface area contributed by atoms with Crippen LogP contribution in [0.3, 0.4) is 0 Å². The van der Waals surface area contributed by atoms with E-state index in [2.05, 4.69) is 40.5 Å². The Balaban J connectivity index is 2.01. The maximum atomic E-state index is 4.29. The summed E-state index contributed by atoms with van der Waals surface area (Å²) in [7, 11) is 0. The first-order chi connectivity index (χ1) is 7.93. The second-order valence-corrected chi connectivity index (χ2v) is 3.88. The Bertz CT molecular complexity index is 596. The minimum Gasteiger partial charge on any atom is -0.281 e. The highest BCUT2D eigenvalue weighted by atomic mass is 15.1. The molecule has 0 saturated heterocycles. The molecule has 0 amide bonds. The van der Waals surface area contributed by atoms with Gasteiger partial charge in [-0.15, -0.1) is 0 Å². The monoisotopic (exact) mass is 208 g/mol. The Morgan fingerprint density at radius 2 is 1.62 bits per heavy atom. The van der Waals surface area contributed by atoms with Gasteiger partial charge in [0.15, 0.2) is 0 Å². The molecule has 0 saturated carbocycles. The summed E-state index contributed by atoms with van der Waals surface area (Å²) in [5, 5.41) is 8.62. The highest BCUT2D eigenvalue weighted by Crippen LogP contribution is 2.17. The topological polar surface area (TPSA) is 28.7 Å². The molecule has 0 radical (unpaired) electrons. The first-order valence-corrected chi connectivity index (χ1v) is 5.39. The molecule has 16 heavy (non-hydrogen) atoms. The van der Waals surface area contributed by atoms with E-state index in [1.165, 1.54) is 16.6 Å². The van der Waals surface area contributed by atoms with Crippen LogP contribution in [0.5, 0.6) is 0 Å². The van der Waals surface area contributed by atoms with Gasteiger partial charge in [0.25, 0.3) is 0 Å². The molecule has 0 atom stereocenters. The van der Waals surface area contributed by atoms with Gasteiger partial charge in [0.2, 0.25) is 0 Å². The van der Waals surface area contributed by atoms with Crippen molar-refractivity contribution in [2.24, 2.45) is 0 Å². The number of rotatable bonds is 2. The van der Waals surface area contributed by atoms with E-state index >= 15 is 0 Å². The van der Waals surface area contributed by atoms with E-state index in [0.29, 0.717) is 0 Å². The van der Waals surface area contributed by atoms with Crippen LogP contribution in [0, 0.1) is 0 Å². The number of fused-ring (bicyclic) bond motifs is 1. The van der Waals surface area contributed by atoms with E-state index in [9.17, 15) is 0 Å². The predicted molar refractivity (Wildman–Crippen MR) is 65.3 cm³/mol. The fourth-order valence-corrected chi connectivity index (χ4v) is 1.95. The molecule has 1 heterocycles. The van der Waals surface area contributed by atoms with E-state index in [1.807, 2.05) is 24.3 Å². The number of nitrogens with zero attached hydrogens (tertiary/aromatic N) is 1. The molecule has 2 nitrogen and oxygen atoms in total. The SMILES string of the molecule is c1ccc(Cc2[nH]nc3ccccc23)cc1. The van der Waals surface area contributed by atoms with Gasteiger partial charge in [-0.2, -0.15) is 5.10 Å². The van der Waals surface area contributed by atoms with Crippen LogP contribution in [-0.4, -0.2) is 10.2 Å². The van der Waals surface area contributed by atoms with Crippen molar-refractivity contribution in [3.05, 3.63) is 65.9 Å². The molecule has 3 aromatic rings. The first-order valence-electron chi connectivity index (χ1n) is 5.39. The lowest BCUT2D eigenvalue weighted by molar-refractivity contribution is 1.01. The zero-order valence-corrected chi connectivity index (χ0v) is 8.85. The second kappa shape index (κ2) is 3.81. The van der Waals surface area contributed by atoms with Crippen LogP contribution in [0.2, 0.25) is 0 Å². The molecular weight excluding hydrogens is 196 g/mol. The van der Waals surface area contributed by atoms with Gasteiger partial charge < -0.3 is 0 Å². The number of aromatic amines is 1. The largest absolute Gasteiger partial charge is 0.281 e. The Morgan fingerprint density at radius 3 is 2.50 bits per heavy atom. The van der Waals surface area contributed by atoms with Crippen molar-refractivity contribution in [2.75, 3.05) is 0 Å². The molecule has 78 valence electrons. The zero-order valence-electron chi connectivity index (χ0n) is 8.85. The van der Waals surface area contributed by atoms with Gasteiger partial charge in [0, 0.05) is 17.5 Å². The molecule has 0 aliphatic rings. The van der Waals surface area contributed by atoms with Crippen LogP contribution in [0.25, 0.3) is 10.9 Å². The van der Waals surface area contributed by atoms with Gasteiger partial charge in [-0.3, -0.25) is 5.10 Å². The van der Waals surface area contributed by atoms with Crippen molar-refractivity contribution < 1.29 is 0 Å². The second-order valence-electron chi connectivity index (χ2n) is 3.88. The average Bonchev–Trinajstić information content (AvgIpc) is 2.74. The van der Waals surface area contributed by atoms with Gasteiger partial charge in [-0.25, -0.2) is 0 Å². The molecule has 2 heteroatoms. The number of para-hydroxylation sites is 1. The highest BCUT2D eigenvalue weighted by molar-refractivity contribution is 5.81. The van der Waals surface area contributed by atoms with Gasteiger partial charge >= 0.3 is 0 Å². The van der Waals surface area contributed by atoms with Crippen molar-refractivity contribution in [1.82, 2.24) is 10.2 Å². The summed E-state index contributed by atoms with van der Waals surface area (Å²) in [4.78, 5) is 0. The first kappa shape index (κ1) is 9.16. The van der Waals surface area contributed by atoms with Crippen LogP contribution in [0.15, 0.2) is 54.6 Å². The maximum absolute atomic E-state index is 4.29. The molecule has 2 aromatic carbocycles. The van der Waals surface area contributed by atoms with E-state index in [4.69, 9.17) is 0 Å². The lowest BCUT2D eigenvalue weighted by Crippen LogP contribution is -1.88. The Morgan fingerprint density at radius 1 is 0.875 bits per heavy atom. The molecule has 0 aliphatic heterocycles. The number of aromatic nitrogens is 2. The van der Waals surface area contributed by atoms with Crippen LogP contribution in [-0.2, 0) is 6.42 Å². The van der Waals surface area contributed by atoms with Crippen LogP contribution in [0.4, 0.5) is 0 Å². The highest BCUT2D eigenvalue weighted by Gasteiger charge is 2.04.